The standard InChI is InChI=1S/C24H20N5.HI/c1-3-28-15-29(23-24(28)27(2)20-13-7-6-12-19(20)26-23)21-14-8-10-17-16-9-4-5-11-18(16)25-22(17)21;/h3-14,25H,1,15H2,2H3;1H/q+1;/p-1. The molecule has 6 heteroatoms. The predicted octanol–water partition coefficient (Wildman–Crippen LogP) is 1.76. The molecule has 0 amide bonds. The molecule has 1 N–H and O–H groups in total. The summed E-state index contributed by atoms with van der Waals surface area (Å²) in [5.74, 6) is 1.99. The quantitative estimate of drug-likeness (QED) is 0.294. The minimum Gasteiger partial charge on any atom is -1.00 e. The molecule has 0 saturated carbocycles. The van der Waals surface area contributed by atoms with Gasteiger partial charge in [0.2, 0.25) is 5.82 Å². The molecule has 2 aromatic heterocycles. The fourth-order valence-corrected chi connectivity index (χ4v) is 4.48. The lowest BCUT2D eigenvalue weighted by Crippen LogP contribution is -3.00. The van der Waals surface area contributed by atoms with Crippen molar-refractivity contribution >= 4 is 50.2 Å². The first-order chi connectivity index (χ1) is 14.3. The van der Waals surface area contributed by atoms with Gasteiger partial charge in [0.15, 0.2) is 12.2 Å². The van der Waals surface area contributed by atoms with Gasteiger partial charge < -0.3 is 29.0 Å². The number of halogens is 1. The zero-order valence-electron chi connectivity index (χ0n) is 16.5. The minimum absolute atomic E-state index is 0. The van der Waals surface area contributed by atoms with Crippen molar-refractivity contribution in [2.24, 2.45) is 7.05 Å². The van der Waals surface area contributed by atoms with Gasteiger partial charge in [-0.05, 0) is 24.3 Å². The number of aryl methyl sites for hydroxylation is 1. The largest absolute Gasteiger partial charge is 1.00 e. The van der Waals surface area contributed by atoms with E-state index in [2.05, 4.69) is 87.6 Å². The van der Waals surface area contributed by atoms with Crippen LogP contribution in [0.1, 0.15) is 0 Å². The highest BCUT2D eigenvalue weighted by Crippen LogP contribution is 2.41. The molecular weight excluding hydrogens is 485 g/mol. The van der Waals surface area contributed by atoms with Crippen molar-refractivity contribution < 1.29 is 28.5 Å². The van der Waals surface area contributed by atoms with Gasteiger partial charge in [0, 0.05) is 16.3 Å². The van der Waals surface area contributed by atoms with Gasteiger partial charge in [-0.3, -0.25) is 4.90 Å². The molecule has 1 aliphatic rings. The second-order valence-corrected chi connectivity index (χ2v) is 7.40. The maximum Gasteiger partial charge on any atom is 0.327 e. The third kappa shape index (κ3) is 2.53. The maximum atomic E-state index is 5.04. The van der Waals surface area contributed by atoms with Crippen molar-refractivity contribution in [1.82, 2.24) is 9.97 Å². The van der Waals surface area contributed by atoms with E-state index in [4.69, 9.17) is 4.98 Å². The number of aromatic nitrogens is 3. The summed E-state index contributed by atoms with van der Waals surface area (Å²) in [5.41, 5.74) is 5.47. The van der Waals surface area contributed by atoms with E-state index in [0.29, 0.717) is 6.67 Å². The molecule has 5 aromatic rings. The van der Waals surface area contributed by atoms with Crippen LogP contribution >= 0.6 is 0 Å². The van der Waals surface area contributed by atoms with E-state index in [1.165, 1.54) is 10.8 Å². The molecule has 0 fully saturated rings. The van der Waals surface area contributed by atoms with Crippen LogP contribution in [0.5, 0.6) is 0 Å². The zero-order chi connectivity index (χ0) is 19.5. The second kappa shape index (κ2) is 6.98. The molecular formula is C24H20IN5. The molecule has 0 radical (unpaired) electrons. The first kappa shape index (κ1) is 18.9. The van der Waals surface area contributed by atoms with E-state index in [9.17, 15) is 0 Å². The number of benzene rings is 3. The average molecular weight is 505 g/mol. The number of para-hydroxylation sites is 4. The molecule has 1 aliphatic heterocycles. The van der Waals surface area contributed by atoms with Crippen molar-refractivity contribution in [1.29, 1.82) is 0 Å². The highest BCUT2D eigenvalue weighted by atomic mass is 127. The van der Waals surface area contributed by atoms with Crippen LogP contribution in [-0.2, 0) is 7.05 Å². The van der Waals surface area contributed by atoms with Gasteiger partial charge in [-0.1, -0.05) is 49.0 Å². The van der Waals surface area contributed by atoms with Crippen molar-refractivity contribution in [2.45, 2.75) is 0 Å². The van der Waals surface area contributed by atoms with E-state index in [0.717, 1.165) is 39.4 Å². The molecule has 6 rings (SSSR count). The Morgan fingerprint density at radius 1 is 1.00 bits per heavy atom. The molecule has 0 saturated heterocycles. The summed E-state index contributed by atoms with van der Waals surface area (Å²) in [4.78, 5) is 13.1. The molecule has 3 aromatic carbocycles. The third-order valence-electron chi connectivity index (χ3n) is 5.84. The van der Waals surface area contributed by atoms with Crippen LogP contribution in [0.15, 0.2) is 79.5 Å². The summed E-state index contributed by atoms with van der Waals surface area (Å²) in [6.45, 7) is 4.71. The van der Waals surface area contributed by atoms with Gasteiger partial charge in [-0.25, -0.2) is 14.5 Å². The van der Waals surface area contributed by atoms with Crippen LogP contribution in [0.4, 0.5) is 17.3 Å². The molecule has 30 heavy (non-hydrogen) atoms. The Kier molecular flexibility index (Phi) is 4.39. The molecule has 3 heterocycles. The average Bonchev–Trinajstić information content (AvgIpc) is 3.32. The van der Waals surface area contributed by atoms with Crippen LogP contribution in [0.2, 0.25) is 0 Å². The van der Waals surface area contributed by atoms with Crippen LogP contribution in [0.3, 0.4) is 0 Å². The molecule has 0 bridgehead atoms. The highest BCUT2D eigenvalue weighted by Gasteiger charge is 2.38. The summed E-state index contributed by atoms with van der Waals surface area (Å²) >= 11 is 0. The number of hydrogen-bond donors (Lipinski definition) is 1. The number of nitrogens with one attached hydrogen (secondary N) is 1. The van der Waals surface area contributed by atoms with E-state index in [1.54, 1.807) is 0 Å². The van der Waals surface area contributed by atoms with Crippen molar-refractivity contribution in [3.05, 3.63) is 79.5 Å². The number of hydrogen-bond acceptors (Lipinski definition) is 3. The number of aromatic amines is 1. The van der Waals surface area contributed by atoms with Crippen molar-refractivity contribution in [3.63, 3.8) is 0 Å². The van der Waals surface area contributed by atoms with Gasteiger partial charge in [-0.2, -0.15) is 0 Å². The zero-order valence-corrected chi connectivity index (χ0v) is 18.7. The lowest BCUT2D eigenvalue weighted by atomic mass is 10.1. The van der Waals surface area contributed by atoms with E-state index in [1.807, 2.05) is 18.3 Å². The normalized spacial score (nSPS) is 13.1. The van der Waals surface area contributed by atoms with Crippen LogP contribution < -0.4 is 38.3 Å². The summed E-state index contributed by atoms with van der Waals surface area (Å²) < 4.78 is 2.20. The van der Waals surface area contributed by atoms with Crippen molar-refractivity contribution in [2.75, 3.05) is 16.5 Å². The molecule has 148 valence electrons. The summed E-state index contributed by atoms with van der Waals surface area (Å²) in [7, 11) is 2.09. The van der Waals surface area contributed by atoms with Crippen molar-refractivity contribution in [3.8, 4) is 0 Å². The Morgan fingerprint density at radius 2 is 1.77 bits per heavy atom. The Bertz CT molecular complexity index is 1440. The SMILES string of the molecule is C=CN1CN(c2cccc3c2[nH]c2ccccc23)c2nc3ccccc3[n+](C)c21.[I-]. The molecule has 5 nitrogen and oxygen atoms in total. The lowest BCUT2D eigenvalue weighted by Gasteiger charge is -2.16. The first-order valence-corrected chi connectivity index (χ1v) is 9.71. The Balaban J connectivity index is 0.00000193. The van der Waals surface area contributed by atoms with E-state index in [-0.39, 0.29) is 24.0 Å². The van der Waals surface area contributed by atoms with Gasteiger partial charge >= 0.3 is 5.82 Å². The Labute approximate surface area is 191 Å². The number of fused-ring (bicyclic) bond motifs is 5. The van der Waals surface area contributed by atoms with Crippen LogP contribution in [0, 0.1) is 0 Å². The topological polar surface area (TPSA) is 39.0 Å². The number of nitrogens with zero attached hydrogens (tertiary/aromatic N) is 4. The highest BCUT2D eigenvalue weighted by molar-refractivity contribution is 6.12. The first-order valence-electron chi connectivity index (χ1n) is 9.71. The Morgan fingerprint density at radius 3 is 2.63 bits per heavy atom. The monoisotopic (exact) mass is 505 g/mol. The Hall–Kier alpha value is -3.13. The molecule has 0 atom stereocenters. The van der Waals surface area contributed by atoms with Gasteiger partial charge in [0.1, 0.15) is 5.52 Å². The summed E-state index contributed by atoms with van der Waals surface area (Å²) in [6.07, 6.45) is 1.88. The maximum absolute atomic E-state index is 5.04. The smallest absolute Gasteiger partial charge is 0.327 e. The summed E-state index contributed by atoms with van der Waals surface area (Å²) in [6, 6.07) is 23.1. The fourth-order valence-electron chi connectivity index (χ4n) is 4.48. The number of anilines is 3. The van der Waals surface area contributed by atoms with Gasteiger partial charge in [0.05, 0.1) is 24.5 Å². The van der Waals surface area contributed by atoms with E-state index >= 15 is 0 Å². The van der Waals surface area contributed by atoms with Gasteiger partial charge in [0.25, 0.3) is 0 Å². The molecule has 0 unspecified atom stereocenters. The van der Waals surface area contributed by atoms with Crippen LogP contribution in [-0.4, -0.2) is 16.6 Å². The summed E-state index contributed by atoms with van der Waals surface area (Å²) in [5, 5.41) is 2.46. The predicted molar refractivity (Wildman–Crippen MR) is 118 cm³/mol. The molecule has 0 spiro atoms. The van der Waals surface area contributed by atoms with Gasteiger partial charge in [-0.15, -0.1) is 0 Å². The fraction of sp³-hybridized carbons (Fsp3) is 0.0833. The van der Waals surface area contributed by atoms with Crippen LogP contribution in [0.25, 0.3) is 32.8 Å². The minimum atomic E-state index is 0. The molecule has 0 aliphatic carbocycles. The number of H-pyrrole nitrogens is 1. The third-order valence-corrected chi connectivity index (χ3v) is 5.84. The second-order valence-electron chi connectivity index (χ2n) is 7.40. The number of rotatable bonds is 2. The lowest BCUT2D eigenvalue weighted by molar-refractivity contribution is -0.631. The van der Waals surface area contributed by atoms with E-state index < -0.39 is 0 Å².